The quantitative estimate of drug-likeness (QED) is 0.123. The van der Waals surface area contributed by atoms with Crippen molar-refractivity contribution in [3.63, 3.8) is 0 Å². The standard InChI is InChI=1S/C36H39ClN4/c1-38(2)33-20-24-40(25-21-33)28-31-10-8-29(9-11-31)6-4-5-7-30-12-16-36(17-13-30)41-26-22-35(23-27-41)39(3)34-18-14-32(37)15-19-34/h8-27H,4-7,28H2,1-3H3/q+2. The molecule has 2 heterocycles. The molecule has 5 rings (SSSR count). The summed E-state index contributed by atoms with van der Waals surface area (Å²) in [5.74, 6) is 0. The molecule has 0 amide bonds. The minimum Gasteiger partial charge on any atom is -0.377 e. The summed E-state index contributed by atoms with van der Waals surface area (Å²) in [6.45, 7) is 0.896. The van der Waals surface area contributed by atoms with Crippen molar-refractivity contribution in [1.82, 2.24) is 0 Å². The lowest BCUT2D eigenvalue weighted by Crippen LogP contribution is -2.33. The Morgan fingerprint density at radius 1 is 0.537 bits per heavy atom. The molecular weight excluding hydrogens is 524 g/mol. The smallest absolute Gasteiger partial charge is 0.210 e. The van der Waals surface area contributed by atoms with Gasteiger partial charge in [0, 0.05) is 79.5 Å². The fraction of sp³-hybridized carbons (Fsp3) is 0.222. The highest BCUT2D eigenvalue weighted by Crippen LogP contribution is 2.24. The van der Waals surface area contributed by atoms with Gasteiger partial charge in [-0.3, -0.25) is 0 Å². The Bertz CT molecular complexity index is 1510. The van der Waals surface area contributed by atoms with Gasteiger partial charge < -0.3 is 9.80 Å². The van der Waals surface area contributed by atoms with Gasteiger partial charge in [-0.15, -0.1) is 0 Å². The minimum absolute atomic E-state index is 0.749. The molecule has 0 radical (unpaired) electrons. The fourth-order valence-electron chi connectivity index (χ4n) is 5.00. The molecule has 0 saturated carbocycles. The maximum atomic E-state index is 6.03. The van der Waals surface area contributed by atoms with Crippen LogP contribution in [-0.2, 0) is 19.4 Å². The van der Waals surface area contributed by atoms with Gasteiger partial charge in [-0.2, -0.15) is 4.57 Å². The largest absolute Gasteiger partial charge is 0.377 e. The predicted molar refractivity (Wildman–Crippen MR) is 171 cm³/mol. The lowest BCUT2D eigenvalue weighted by molar-refractivity contribution is -0.688. The van der Waals surface area contributed by atoms with Crippen molar-refractivity contribution < 1.29 is 9.13 Å². The number of unbranched alkanes of at least 4 members (excludes halogenated alkanes) is 1. The molecular formula is C36H39ClN4+2. The number of hydrogen-bond donors (Lipinski definition) is 0. The molecule has 0 unspecified atom stereocenters. The molecule has 0 bridgehead atoms. The lowest BCUT2D eigenvalue weighted by Gasteiger charge is -2.18. The van der Waals surface area contributed by atoms with Gasteiger partial charge in [-0.1, -0.05) is 48.0 Å². The zero-order valence-corrected chi connectivity index (χ0v) is 25.0. The van der Waals surface area contributed by atoms with E-state index in [0.717, 1.165) is 35.8 Å². The van der Waals surface area contributed by atoms with E-state index < -0.39 is 0 Å². The van der Waals surface area contributed by atoms with E-state index in [1.165, 1.54) is 40.9 Å². The summed E-state index contributed by atoms with van der Waals surface area (Å²) in [5, 5.41) is 0.749. The number of anilines is 3. The van der Waals surface area contributed by atoms with Crippen LogP contribution < -0.4 is 18.9 Å². The van der Waals surface area contributed by atoms with E-state index >= 15 is 0 Å². The van der Waals surface area contributed by atoms with Gasteiger partial charge in [-0.05, 0) is 61.1 Å². The molecule has 3 aromatic carbocycles. The van der Waals surface area contributed by atoms with Crippen molar-refractivity contribution >= 4 is 28.7 Å². The van der Waals surface area contributed by atoms with Crippen LogP contribution in [-0.4, -0.2) is 21.1 Å². The number of hydrogen-bond acceptors (Lipinski definition) is 2. The fourth-order valence-corrected chi connectivity index (χ4v) is 5.12. The number of aromatic nitrogens is 2. The van der Waals surface area contributed by atoms with Crippen LogP contribution in [0.25, 0.3) is 5.69 Å². The zero-order chi connectivity index (χ0) is 28.6. The number of rotatable bonds is 11. The maximum Gasteiger partial charge on any atom is 0.210 e. The molecule has 0 saturated heterocycles. The third-order valence-electron chi connectivity index (χ3n) is 7.61. The molecule has 2 aromatic heterocycles. The maximum absolute atomic E-state index is 6.03. The first-order chi connectivity index (χ1) is 19.9. The Labute approximate surface area is 249 Å². The Balaban J connectivity index is 1.07. The average Bonchev–Trinajstić information content (AvgIpc) is 3.01. The van der Waals surface area contributed by atoms with Gasteiger partial charge in [0.1, 0.15) is 0 Å². The molecule has 0 aliphatic carbocycles. The number of benzene rings is 3. The van der Waals surface area contributed by atoms with Crippen molar-refractivity contribution in [2.45, 2.75) is 32.2 Å². The average molecular weight is 563 g/mol. The molecule has 0 aliphatic rings. The molecule has 0 atom stereocenters. The molecule has 0 spiro atoms. The van der Waals surface area contributed by atoms with Crippen molar-refractivity contribution in [1.29, 1.82) is 0 Å². The van der Waals surface area contributed by atoms with Crippen LogP contribution >= 0.6 is 11.6 Å². The third-order valence-corrected chi connectivity index (χ3v) is 7.86. The molecule has 5 aromatic rings. The normalized spacial score (nSPS) is 10.9. The van der Waals surface area contributed by atoms with E-state index in [-0.39, 0.29) is 0 Å². The van der Waals surface area contributed by atoms with Crippen LogP contribution in [0.4, 0.5) is 17.1 Å². The molecule has 5 heteroatoms. The first-order valence-electron chi connectivity index (χ1n) is 14.3. The molecule has 0 aliphatic heterocycles. The minimum atomic E-state index is 0.749. The third kappa shape index (κ3) is 7.74. The molecule has 0 N–H and O–H groups in total. The highest BCUT2D eigenvalue weighted by Gasteiger charge is 2.10. The van der Waals surface area contributed by atoms with Crippen LogP contribution in [0.1, 0.15) is 29.5 Å². The van der Waals surface area contributed by atoms with Crippen LogP contribution in [0.15, 0.2) is 122 Å². The highest BCUT2D eigenvalue weighted by atomic mass is 35.5. The summed E-state index contributed by atoms with van der Waals surface area (Å²) in [4.78, 5) is 4.28. The summed E-state index contributed by atoms with van der Waals surface area (Å²) in [7, 11) is 6.20. The Kier molecular flexibility index (Phi) is 9.33. The predicted octanol–water partition coefficient (Wildman–Crippen LogP) is 7.35. The second-order valence-corrected chi connectivity index (χ2v) is 11.2. The summed E-state index contributed by atoms with van der Waals surface area (Å²) in [6, 6.07) is 34.5. The summed E-state index contributed by atoms with van der Waals surface area (Å²) >= 11 is 6.03. The van der Waals surface area contributed by atoms with Gasteiger partial charge in [0.05, 0.1) is 5.69 Å². The second kappa shape index (κ2) is 13.5. The Hall–Kier alpha value is -4.15. The first-order valence-corrected chi connectivity index (χ1v) is 14.7. The van der Waals surface area contributed by atoms with E-state index in [1.54, 1.807) is 0 Å². The van der Waals surface area contributed by atoms with Gasteiger partial charge >= 0.3 is 0 Å². The van der Waals surface area contributed by atoms with Gasteiger partial charge in [-0.25, -0.2) is 4.57 Å². The van der Waals surface area contributed by atoms with E-state index in [1.807, 2.05) is 24.3 Å². The summed E-state index contributed by atoms with van der Waals surface area (Å²) < 4.78 is 4.38. The summed E-state index contributed by atoms with van der Waals surface area (Å²) in [6.07, 6.45) is 13.1. The molecule has 41 heavy (non-hydrogen) atoms. The second-order valence-electron chi connectivity index (χ2n) is 10.8. The molecule has 4 nitrogen and oxygen atoms in total. The molecule has 0 fully saturated rings. The van der Waals surface area contributed by atoms with Crippen molar-refractivity contribution in [2.75, 3.05) is 30.9 Å². The Morgan fingerprint density at radius 3 is 1.59 bits per heavy atom. The van der Waals surface area contributed by atoms with Crippen LogP contribution in [0.3, 0.4) is 0 Å². The van der Waals surface area contributed by atoms with Crippen molar-refractivity contribution in [3.05, 3.63) is 144 Å². The van der Waals surface area contributed by atoms with E-state index in [0.29, 0.717) is 0 Å². The number of halogens is 1. The monoisotopic (exact) mass is 562 g/mol. The lowest BCUT2D eigenvalue weighted by atomic mass is 10.0. The van der Waals surface area contributed by atoms with E-state index in [9.17, 15) is 0 Å². The number of pyridine rings is 2. The highest BCUT2D eigenvalue weighted by molar-refractivity contribution is 6.30. The SMILES string of the molecule is CN(C)c1cc[n+](Cc2ccc(CCCCc3ccc(-[n+]4ccc(N(C)c5ccc(Cl)cc5)cc4)cc3)cc2)cc1. The number of aryl methyl sites for hydroxylation is 2. The first kappa shape index (κ1) is 28.4. The molecule has 208 valence electrons. The van der Waals surface area contributed by atoms with Gasteiger partial charge in [0.15, 0.2) is 31.3 Å². The zero-order valence-electron chi connectivity index (χ0n) is 24.2. The Morgan fingerprint density at radius 2 is 1.02 bits per heavy atom. The van der Waals surface area contributed by atoms with Crippen molar-refractivity contribution in [3.8, 4) is 5.69 Å². The van der Waals surface area contributed by atoms with Crippen molar-refractivity contribution in [2.24, 2.45) is 0 Å². The van der Waals surface area contributed by atoms with Crippen LogP contribution in [0.5, 0.6) is 0 Å². The van der Waals surface area contributed by atoms with Crippen LogP contribution in [0, 0.1) is 0 Å². The van der Waals surface area contributed by atoms with Crippen LogP contribution in [0.2, 0.25) is 5.02 Å². The van der Waals surface area contributed by atoms with Gasteiger partial charge in [0.25, 0.3) is 0 Å². The summed E-state index contributed by atoms with van der Waals surface area (Å²) in [5.41, 5.74) is 8.76. The topological polar surface area (TPSA) is 14.2 Å². The number of nitrogens with zero attached hydrogens (tertiary/aromatic N) is 4. The van der Waals surface area contributed by atoms with E-state index in [2.05, 4.69) is 138 Å². The van der Waals surface area contributed by atoms with E-state index in [4.69, 9.17) is 11.6 Å². The van der Waals surface area contributed by atoms with Gasteiger partial charge in [0.2, 0.25) is 5.69 Å².